The summed E-state index contributed by atoms with van der Waals surface area (Å²) in [6.45, 7) is 0.375. The first-order valence-electron chi connectivity index (χ1n) is 8.41. The Hall–Kier alpha value is -2.37. The molecule has 0 spiro atoms. The van der Waals surface area contributed by atoms with Crippen LogP contribution in [0.2, 0.25) is 5.02 Å². The van der Waals surface area contributed by atoms with Gasteiger partial charge in [0.15, 0.2) is 5.65 Å². The van der Waals surface area contributed by atoms with Crippen LogP contribution in [0.3, 0.4) is 0 Å². The molecule has 146 valence electrons. The van der Waals surface area contributed by atoms with Gasteiger partial charge in [-0.3, -0.25) is 0 Å². The average molecular weight is 462 g/mol. The van der Waals surface area contributed by atoms with Gasteiger partial charge in [0.2, 0.25) is 14.9 Å². The van der Waals surface area contributed by atoms with Gasteiger partial charge in [0.1, 0.15) is 0 Å². The fraction of sp³-hybridized carbons (Fsp3) is 0.0556. The molecule has 5 aromatic rings. The number of hydrogen-bond acceptors (Lipinski definition) is 8. The fourth-order valence-electron chi connectivity index (χ4n) is 3.12. The lowest BCUT2D eigenvalue weighted by Crippen LogP contribution is -2.05. The standard InChI is InChI=1S/C18H12ClN5O2S3/c19-10-1-3-11(4-2-10)29(25,26)18-17-21-15(12-5-7-27-14(12)9-20)16-13(6-8-28-16)24(17)23-22-18/h1-8H,9,20H2. The Morgan fingerprint density at radius 3 is 2.59 bits per heavy atom. The predicted octanol–water partition coefficient (Wildman–Crippen LogP) is 4.01. The van der Waals surface area contributed by atoms with Crippen molar-refractivity contribution < 1.29 is 8.42 Å². The Balaban J connectivity index is 1.82. The van der Waals surface area contributed by atoms with Gasteiger partial charge in [0.25, 0.3) is 0 Å². The summed E-state index contributed by atoms with van der Waals surface area (Å²) in [6.07, 6.45) is 0. The summed E-state index contributed by atoms with van der Waals surface area (Å²) in [5.74, 6) is 0. The molecule has 0 saturated carbocycles. The highest BCUT2D eigenvalue weighted by Crippen LogP contribution is 2.36. The van der Waals surface area contributed by atoms with Gasteiger partial charge >= 0.3 is 0 Å². The van der Waals surface area contributed by atoms with E-state index in [1.165, 1.54) is 40.1 Å². The smallest absolute Gasteiger partial charge is 0.229 e. The molecular weight excluding hydrogens is 450 g/mol. The molecule has 0 aliphatic rings. The Labute approximate surface area is 178 Å². The van der Waals surface area contributed by atoms with Crippen LogP contribution in [0.5, 0.6) is 0 Å². The van der Waals surface area contributed by atoms with Crippen LogP contribution in [0.4, 0.5) is 0 Å². The molecule has 7 nitrogen and oxygen atoms in total. The molecule has 5 rings (SSSR count). The molecule has 4 heterocycles. The van der Waals surface area contributed by atoms with E-state index in [1.807, 2.05) is 22.9 Å². The molecule has 0 fully saturated rings. The van der Waals surface area contributed by atoms with Crippen molar-refractivity contribution in [2.24, 2.45) is 5.73 Å². The molecule has 0 amide bonds. The van der Waals surface area contributed by atoms with E-state index >= 15 is 0 Å². The second-order valence-electron chi connectivity index (χ2n) is 6.14. The number of fused-ring (bicyclic) bond motifs is 3. The van der Waals surface area contributed by atoms with E-state index in [4.69, 9.17) is 22.3 Å². The second kappa shape index (κ2) is 6.85. The van der Waals surface area contributed by atoms with Crippen LogP contribution in [0.15, 0.2) is 57.1 Å². The summed E-state index contributed by atoms with van der Waals surface area (Å²) in [7, 11) is -3.93. The first-order valence-corrected chi connectivity index (χ1v) is 12.0. The van der Waals surface area contributed by atoms with Crippen molar-refractivity contribution in [2.75, 3.05) is 0 Å². The van der Waals surface area contributed by atoms with E-state index < -0.39 is 9.84 Å². The molecule has 29 heavy (non-hydrogen) atoms. The number of sulfone groups is 1. The summed E-state index contributed by atoms with van der Waals surface area (Å²) >= 11 is 8.94. The highest BCUT2D eigenvalue weighted by Gasteiger charge is 2.28. The quantitative estimate of drug-likeness (QED) is 0.433. The van der Waals surface area contributed by atoms with E-state index in [1.54, 1.807) is 11.3 Å². The van der Waals surface area contributed by atoms with Gasteiger partial charge in [0.05, 0.1) is 20.8 Å². The van der Waals surface area contributed by atoms with Crippen LogP contribution in [-0.2, 0) is 16.4 Å². The zero-order valence-electron chi connectivity index (χ0n) is 14.6. The number of aromatic nitrogens is 4. The highest BCUT2D eigenvalue weighted by molar-refractivity contribution is 7.91. The van der Waals surface area contributed by atoms with E-state index in [9.17, 15) is 8.42 Å². The van der Waals surface area contributed by atoms with Gasteiger partial charge in [-0.15, -0.1) is 27.8 Å². The van der Waals surface area contributed by atoms with E-state index in [2.05, 4.69) is 10.3 Å². The summed E-state index contributed by atoms with van der Waals surface area (Å²) < 4.78 is 28.8. The molecule has 0 aliphatic heterocycles. The summed E-state index contributed by atoms with van der Waals surface area (Å²) in [4.78, 5) is 5.75. The van der Waals surface area contributed by atoms with Crippen molar-refractivity contribution in [1.82, 2.24) is 19.8 Å². The van der Waals surface area contributed by atoms with Gasteiger partial charge < -0.3 is 5.73 Å². The zero-order chi connectivity index (χ0) is 20.2. The Bertz CT molecular complexity index is 1470. The van der Waals surface area contributed by atoms with Crippen LogP contribution < -0.4 is 5.73 Å². The van der Waals surface area contributed by atoms with Gasteiger partial charge in [-0.25, -0.2) is 13.4 Å². The summed E-state index contributed by atoms with van der Waals surface area (Å²) in [5.41, 5.74) is 8.37. The molecule has 1 aromatic carbocycles. The minimum absolute atomic E-state index is 0.0799. The number of benzene rings is 1. The topological polar surface area (TPSA) is 103 Å². The lowest BCUT2D eigenvalue weighted by molar-refractivity contribution is 0.592. The van der Waals surface area contributed by atoms with Crippen LogP contribution in [0.25, 0.3) is 27.1 Å². The maximum absolute atomic E-state index is 13.2. The molecule has 0 radical (unpaired) electrons. The van der Waals surface area contributed by atoms with Gasteiger partial charge in [-0.05, 0) is 47.2 Å². The van der Waals surface area contributed by atoms with Gasteiger partial charge in [-0.2, -0.15) is 4.52 Å². The Morgan fingerprint density at radius 2 is 1.83 bits per heavy atom. The molecule has 0 bridgehead atoms. The summed E-state index contributed by atoms with van der Waals surface area (Å²) in [6, 6.07) is 9.75. The number of halogens is 1. The highest BCUT2D eigenvalue weighted by atomic mass is 35.5. The first kappa shape index (κ1) is 18.6. The maximum atomic E-state index is 13.2. The average Bonchev–Trinajstić information content (AvgIpc) is 3.45. The first-order chi connectivity index (χ1) is 14.0. The van der Waals surface area contributed by atoms with Crippen molar-refractivity contribution in [3.8, 4) is 11.3 Å². The normalized spacial score (nSPS) is 12.2. The van der Waals surface area contributed by atoms with Gasteiger partial charge in [0, 0.05) is 22.0 Å². The van der Waals surface area contributed by atoms with Crippen molar-refractivity contribution in [3.05, 3.63) is 57.1 Å². The largest absolute Gasteiger partial charge is 0.326 e. The van der Waals surface area contributed by atoms with Crippen LogP contribution >= 0.6 is 34.3 Å². The van der Waals surface area contributed by atoms with Gasteiger partial charge in [-0.1, -0.05) is 16.8 Å². The fourth-order valence-corrected chi connectivity index (χ4v) is 6.11. The minimum Gasteiger partial charge on any atom is -0.326 e. The number of hydrogen-bond donors (Lipinski definition) is 1. The van der Waals surface area contributed by atoms with Crippen LogP contribution in [-0.4, -0.2) is 28.2 Å². The van der Waals surface area contributed by atoms with Crippen LogP contribution in [0, 0.1) is 0 Å². The van der Waals surface area contributed by atoms with Crippen molar-refractivity contribution >= 4 is 60.0 Å². The monoisotopic (exact) mass is 461 g/mol. The lowest BCUT2D eigenvalue weighted by Gasteiger charge is -2.06. The molecule has 2 N–H and O–H groups in total. The molecule has 0 atom stereocenters. The number of thiophene rings is 2. The SMILES string of the molecule is NCc1sccc1-c1nc2c(S(=O)(=O)c3ccc(Cl)cc3)nnn2c2ccsc12. The molecular formula is C18H12ClN5O2S3. The lowest BCUT2D eigenvalue weighted by atomic mass is 10.1. The van der Waals surface area contributed by atoms with Crippen molar-refractivity contribution in [3.63, 3.8) is 0 Å². The summed E-state index contributed by atoms with van der Waals surface area (Å²) in [5, 5.41) is 12.2. The Morgan fingerprint density at radius 1 is 1.07 bits per heavy atom. The Kier molecular flexibility index (Phi) is 4.41. The van der Waals surface area contributed by atoms with E-state index in [0.717, 1.165) is 20.7 Å². The maximum Gasteiger partial charge on any atom is 0.229 e. The van der Waals surface area contributed by atoms with Crippen molar-refractivity contribution in [2.45, 2.75) is 16.5 Å². The molecule has 4 aromatic heterocycles. The molecule has 0 unspecified atom stereocenters. The van der Waals surface area contributed by atoms with Crippen molar-refractivity contribution in [1.29, 1.82) is 0 Å². The number of nitrogens with two attached hydrogens (primary N) is 1. The predicted molar refractivity (Wildman–Crippen MR) is 114 cm³/mol. The number of nitrogens with zero attached hydrogens (tertiary/aromatic N) is 4. The zero-order valence-corrected chi connectivity index (χ0v) is 17.8. The third-order valence-electron chi connectivity index (χ3n) is 4.49. The third kappa shape index (κ3) is 2.87. The number of rotatable bonds is 4. The molecule has 0 aliphatic carbocycles. The minimum atomic E-state index is -3.93. The second-order valence-corrected chi connectivity index (χ2v) is 10.4. The third-order valence-corrected chi connectivity index (χ3v) is 8.26. The van der Waals surface area contributed by atoms with E-state index in [-0.39, 0.29) is 15.6 Å². The van der Waals surface area contributed by atoms with Crippen LogP contribution in [0.1, 0.15) is 4.88 Å². The molecule has 0 saturated heterocycles. The molecule has 11 heteroatoms. The van der Waals surface area contributed by atoms with E-state index in [0.29, 0.717) is 17.3 Å².